The summed E-state index contributed by atoms with van der Waals surface area (Å²) in [6.07, 6.45) is 0. The van der Waals surface area contributed by atoms with Crippen LogP contribution in [-0.4, -0.2) is 0 Å². The van der Waals surface area contributed by atoms with E-state index in [1.165, 1.54) is 11.1 Å². The number of anilines is 6. The molecule has 0 fully saturated rings. The number of rotatable bonds is 7. The molecule has 3 heteroatoms. The number of benzene rings is 8. The maximum Gasteiger partial charge on any atom is 0.137 e. The molecule has 0 radical (unpaired) electrons. The fourth-order valence-electron chi connectivity index (χ4n) is 7.05. The molecule has 49 heavy (non-hydrogen) atoms. The van der Waals surface area contributed by atoms with Crippen LogP contribution in [0.3, 0.4) is 0 Å². The van der Waals surface area contributed by atoms with Crippen molar-refractivity contribution in [1.82, 2.24) is 0 Å². The van der Waals surface area contributed by atoms with Crippen LogP contribution in [0.25, 0.3) is 33.0 Å². The molecule has 0 unspecified atom stereocenters. The van der Waals surface area contributed by atoms with Crippen molar-refractivity contribution in [2.45, 2.75) is 0 Å². The van der Waals surface area contributed by atoms with E-state index in [2.05, 4.69) is 204 Å². The molecule has 8 aromatic carbocycles. The maximum atomic E-state index is 6.83. The van der Waals surface area contributed by atoms with Crippen LogP contribution < -0.4 is 14.5 Å². The minimum absolute atomic E-state index is 0.839. The largest absolute Gasteiger partial charge is 0.456 e. The average molecular weight is 629 g/mol. The zero-order valence-electron chi connectivity index (χ0n) is 26.8. The number of para-hydroxylation sites is 4. The van der Waals surface area contributed by atoms with Crippen LogP contribution in [0.15, 0.2) is 194 Å². The lowest BCUT2D eigenvalue weighted by Crippen LogP contribution is -2.12. The molecule has 0 amide bonds. The highest BCUT2D eigenvalue weighted by Crippen LogP contribution is 2.52. The van der Waals surface area contributed by atoms with Gasteiger partial charge in [-0.25, -0.2) is 0 Å². The predicted octanol–water partition coefficient (Wildman–Crippen LogP) is 13.2. The van der Waals surface area contributed by atoms with Gasteiger partial charge in [-0.1, -0.05) is 121 Å². The van der Waals surface area contributed by atoms with Crippen molar-refractivity contribution in [1.29, 1.82) is 0 Å². The molecule has 0 aromatic heterocycles. The summed E-state index contributed by atoms with van der Waals surface area (Å²) in [5, 5.41) is 2.26. The van der Waals surface area contributed by atoms with Gasteiger partial charge in [-0.2, -0.15) is 0 Å². The Balaban J connectivity index is 1.19. The molecule has 3 nitrogen and oxygen atoms in total. The van der Waals surface area contributed by atoms with Crippen LogP contribution >= 0.6 is 0 Å². The van der Waals surface area contributed by atoms with Crippen molar-refractivity contribution < 1.29 is 4.74 Å². The summed E-state index contributed by atoms with van der Waals surface area (Å²) in [4.78, 5) is 4.65. The van der Waals surface area contributed by atoms with Crippen LogP contribution in [0.4, 0.5) is 34.1 Å². The lowest BCUT2D eigenvalue weighted by Gasteiger charge is -2.31. The number of hydrogen-bond acceptors (Lipinski definition) is 3. The van der Waals surface area contributed by atoms with Gasteiger partial charge < -0.3 is 14.5 Å². The van der Waals surface area contributed by atoms with E-state index in [0.717, 1.165) is 67.5 Å². The van der Waals surface area contributed by atoms with Crippen LogP contribution in [0.1, 0.15) is 0 Å². The molecule has 232 valence electrons. The molecule has 8 aromatic rings. The van der Waals surface area contributed by atoms with E-state index < -0.39 is 0 Å². The number of hydrogen-bond donors (Lipinski definition) is 0. The van der Waals surface area contributed by atoms with Gasteiger partial charge in [0.15, 0.2) is 0 Å². The lowest BCUT2D eigenvalue weighted by molar-refractivity contribution is 0.487. The molecule has 1 heterocycles. The molecule has 1 aliphatic rings. The summed E-state index contributed by atoms with van der Waals surface area (Å²) in [7, 11) is 0. The Morgan fingerprint density at radius 1 is 0.327 bits per heavy atom. The Kier molecular flexibility index (Phi) is 7.14. The smallest absolute Gasteiger partial charge is 0.137 e. The van der Waals surface area contributed by atoms with E-state index in [1.807, 2.05) is 0 Å². The van der Waals surface area contributed by atoms with E-state index in [4.69, 9.17) is 4.74 Å². The van der Waals surface area contributed by atoms with Crippen LogP contribution in [0.2, 0.25) is 0 Å². The predicted molar refractivity (Wildman–Crippen MR) is 204 cm³/mol. The normalized spacial score (nSPS) is 11.4. The van der Waals surface area contributed by atoms with Gasteiger partial charge in [0.05, 0.1) is 11.4 Å². The first-order valence-electron chi connectivity index (χ1n) is 16.6. The summed E-state index contributed by atoms with van der Waals surface area (Å²) in [5.74, 6) is 1.70. The standard InChI is InChI=1S/C46H32N2O/c1-5-16-33(17-6-1)38-24-13-14-26-42(38)48(36-22-11-4-12-23-36)37-28-29-39-40-30-31-43(41-25-15-27-44(46(40)41)49-45(39)32-37)47(34-18-7-2-8-19-34)35-20-9-3-10-21-35/h1-32H. The number of fused-ring (bicyclic) bond motifs is 2. The third-order valence-corrected chi connectivity index (χ3v) is 9.23. The minimum Gasteiger partial charge on any atom is -0.456 e. The average Bonchev–Trinajstić information content (AvgIpc) is 3.17. The Labute approximate surface area is 286 Å². The highest BCUT2D eigenvalue weighted by atomic mass is 16.5. The summed E-state index contributed by atoms with van der Waals surface area (Å²) >= 11 is 0. The molecule has 1 aliphatic heterocycles. The lowest BCUT2D eigenvalue weighted by atomic mass is 9.92. The van der Waals surface area contributed by atoms with Gasteiger partial charge in [0.2, 0.25) is 0 Å². The fourth-order valence-corrected chi connectivity index (χ4v) is 7.05. The molecule has 0 saturated carbocycles. The van der Waals surface area contributed by atoms with Crippen molar-refractivity contribution in [3.05, 3.63) is 194 Å². The Morgan fingerprint density at radius 3 is 1.53 bits per heavy atom. The molecule has 9 rings (SSSR count). The topological polar surface area (TPSA) is 15.7 Å². The summed E-state index contributed by atoms with van der Waals surface area (Å²) < 4.78 is 6.83. The maximum absolute atomic E-state index is 6.83. The van der Waals surface area contributed by atoms with Crippen molar-refractivity contribution in [3.63, 3.8) is 0 Å². The zero-order valence-corrected chi connectivity index (χ0v) is 26.8. The van der Waals surface area contributed by atoms with Gasteiger partial charge in [0, 0.05) is 50.7 Å². The second-order valence-corrected chi connectivity index (χ2v) is 12.2. The summed E-state index contributed by atoms with van der Waals surface area (Å²) in [6, 6.07) is 68.3. The van der Waals surface area contributed by atoms with Crippen LogP contribution in [0.5, 0.6) is 11.5 Å². The molecular weight excluding hydrogens is 597 g/mol. The van der Waals surface area contributed by atoms with Gasteiger partial charge in [-0.05, 0) is 77.9 Å². The van der Waals surface area contributed by atoms with Crippen molar-refractivity contribution in [2.24, 2.45) is 0 Å². The number of ether oxygens (including phenoxy) is 1. The summed E-state index contributed by atoms with van der Waals surface area (Å²) in [5.41, 5.74) is 11.1. The minimum atomic E-state index is 0.839. The molecule has 0 spiro atoms. The van der Waals surface area contributed by atoms with Crippen LogP contribution in [0, 0.1) is 0 Å². The zero-order chi connectivity index (χ0) is 32.6. The Hall–Kier alpha value is -6.58. The van der Waals surface area contributed by atoms with Gasteiger partial charge in [-0.15, -0.1) is 0 Å². The highest BCUT2D eigenvalue weighted by Gasteiger charge is 2.26. The molecule has 0 atom stereocenters. The van der Waals surface area contributed by atoms with Gasteiger partial charge in [0.25, 0.3) is 0 Å². The van der Waals surface area contributed by atoms with Gasteiger partial charge >= 0.3 is 0 Å². The third-order valence-electron chi connectivity index (χ3n) is 9.23. The van der Waals surface area contributed by atoms with Gasteiger partial charge in [-0.3, -0.25) is 0 Å². The quantitative estimate of drug-likeness (QED) is 0.175. The van der Waals surface area contributed by atoms with Crippen molar-refractivity contribution in [3.8, 4) is 33.8 Å². The highest BCUT2D eigenvalue weighted by molar-refractivity contribution is 6.11. The molecule has 0 bridgehead atoms. The van der Waals surface area contributed by atoms with E-state index in [1.54, 1.807) is 0 Å². The third kappa shape index (κ3) is 5.09. The van der Waals surface area contributed by atoms with Crippen molar-refractivity contribution >= 4 is 44.9 Å². The second-order valence-electron chi connectivity index (χ2n) is 12.2. The first-order chi connectivity index (χ1) is 24.3. The van der Waals surface area contributed by atoms with Crippen molar-refractivity contribution in [2.75, 3.05) is 9.80 Å². The van der Waals surface area contributed by atoms with E-state index >= 15 is 0 Å². The molecular formula is C46H32N2O. The molecule has 0 saturated heterocycles. The van der Waals surface area contributed by atoms with Gasteiger partial charge in [0.1, 0.15) is 11.5 Å². The number of nitrogens with zero attached hydrogens (tertiary/aromatic N) is 2. The fraction of sp³-hybridized carbons (Fsp3) is 0. The molecule has 0 aliphatic carbocycles. The van der Waals surface area contributed by atoms with Crippen LogP contribution in [-0.2, 0) is 0 Å². The summed E-state index contributed by atoms with van der Waals surface area (Å²) in [6.45, 7) is 0. The Bertz CT molecular complexity index is 2370. The molecule has 0 N–H and O–H groups in total. The first-order valence-corrected chi connectivity index (χ1v) is 16.6. The van der Waals surface area contributed by atoms with E-state index in [9.17, 15) is 0 Å². The van der Waals surface area contributed by atoms with E-state index in [0.29, 0.717) is 0 Å². The monoisotopic (exact) mass is 628 g/mol. The SMILES string of the molecule is c1ccc(-c2ccccc2N(c2ccccc2)c2ccc3c(c2)Oc2cccc4c(N(c5ccccc5)c5ccccc5)ccc-3c24)cc1. The second kappa shape index (κ2) is 12.2. The Morgan fingerprint density at radius 2 is 0.878 bits per heavy atom. The van der Waals surface area contributed by atoms with E-state index in [-0.39, 0.29) is 0 Å². The first kappa shape index (κ1) is 28.6.